The summed E-state index contributed by atoms with van der Waals surface area (Å²) in [7, 11) is 1.88. The number of halogens is 1. The van der Waals surface area contributed by atoms with E-state index >= 15 is 0 Å². The average Bonchev–Trinajstić information content (AvgIpc) is 3.01. The number of nitrogens with zero attached hydrogens (tertiary/aromatic N) is 2. The minimum Gasteiger partial charge on any atom is -0.506 e. The molecular formula is C18H16ClN3O2. The summed E-state index contributed by atoms with van der Waals surface area (Å²) in [5.74, 6) is 0.366. The Balaban J connectivity index is 1.93. The normalized spacial score (nSPS) is 11.9. The fraction of sp³-hybridized carbons (Fsp3) is 0.111. The van der Waals surface area contributed by atoms with Crippen molar-refractivity contribution < 1.29 is 9.90 Å². The van der Waals surface area contributed by atoms with E-state index in [1.54, 1.807) is 6.20 Å². The number of carbonyl (C=O) groups is 1. The summed E-state index contributed by atoms with van der Waals surface area (Å²) in [4.78, 5) is 17.0. The predicted molar refractivity (Wildman–Crippen MR) is 92.1 cm³/mol. The molecule has 6 heteroatoms. The SMILES string of the molecule is Cn1ccnc1[C@@H](NC(=O)c1ccc(O)c(Cl)c1)c1ccccc1. The van der Waals surface area contributed by atoms with E-state index in [2.05, 4.69) is 10.3 Å². The third-order valence-electron chi connectivity index (χ3n) is 3.73. The van der Waals surface area contributed by atoms with Crippen molar-refractivity contribution in [3.8, 4) is 5.75 Å². The quantitative estimate of drug-likeness (QED) is 0.765. The van der Waals surface area contributed by atoms with Crippen molar-refractivity contribution in [2.45, 2.75) is 6.04 Å². The monoisotopic (exact) mass is 341 g/mol. The van der Waals surface area contributed by atoms with Crippen LogP contribution in [-0.2, 0) is 7.05 Å². The summed E-state index contributed by atoms with van der Waals surface area (Å²) < 4.78 is 1.86. The van der Waals surface area contributed by atoms with Gasteiger partial charge in [-0.1, -0.05) is 41.9 Å². The first kappa shape index (κ1) is 16.1. The second-order valence-electron chi connectivity index (χ2n) is 5.38. The number of amides is 1. The van der Waals surface area contributed by atoms with Gasteiger partial charge in [0.15, 0.2) is 0 Å². The van der Waals surface area contributed by atoms with Crippen LogP contribution in [0.4, 0.5) is 0 Å². The Morgan fingerprint density at radius 1 is 1.25 bits per heavy atom. The lowest BCUT2D eigenvalue weighted by molar-refractivity contribution is 0.0941. The average molecular weight is 342 g/mol. The molecule has 0 aliphatic heterocycles. The number of hydrogen-bond acceptors (Lipinski definition) is 3. The number of carbonyl (C=O) groups excluding carboxylic acids is 1. The summed E-state index contributed by atoms with van der Waals surface area (Å²) >= 11 is 5.89. The predicted octanol–water partition coefficient (Wildman–Crippen LogP) is 3.30. The highest BCUT2D eigenvalue weighted by Gasteiger charge is 2.21. The van der Waals surface area contributed by atoms with Gasteiger partial charge in [0, 0.05) is 25.0 Å². The summed E-state index contributed by atoms with van der Waals surface area (Å²) in [6, 6.07) is 13.6. The molecule has 3 aromatic rings. The highest BCUT2D eigenvalue weighted by atomic mass is 35.5. The van der Waals surface area contributed by atoms with E-state index in [0.717, 1.165) is 11.4 Å². The lowest BCUT2D eigenvalue weighted by Gasteiger charge is -2.19. The van der Waals surface area contributed by atoms with Gasteiger partial charge >= 0.3 is 0 Å². The van der Waals surface area contributed by atoms with Crippen LogP contribution in [0, 0.1) is 0 Å². The second kappa shape index (κ2) is 6.76. The van der Waals surface area contributed by atoms with Crippen molar-refractivity contribution in [1.29, 1.82) is 0 Å². The van der Waals surface area contributed by atoms with Gasteiger partial charge in [-0.25, -0.2) is 4.98 Å². The van der Waals surface area contributed by atoms with E-state index in [0.29, 0.717) is 5.56 Å². The molecule has 0 aliphatic carbocycles. The van der Waals surface area contributed by atoms with Gasteiger partial charge in [0.25, 0.3) is 5.91 Å². The Hall–Kier alpha value is -2.79. The molecule has 0 saturated carbocycles. The zero-order valence-electron chi connectivity index (χ0n) is 13.0. The largest absolute Gasteiger partial charge is 0.506 e. The molecule has 2 aromatic carbocycles. The van der Waals surface area contributed by atoms with Crippen LogP contribution in [0.25, 0.3) is 0 Å². The molecule has 122 valence electrons. The Labute approximate surface area is 144 Å². The molecule has 0 spiro atoms. The van der Waals surface area contributed by atoms with Gasteiger partial charge in [-0.05, 0) is 23.8 Å². The number of imidazole rings is 1. The molecule has 0 aliphatic rings. The number of phenolic OH excluding ortho intramolecular Hbond substituents is 1. The van der Waals surface area contributed by atoms with E-state index in [1.807, 2.05) is 48.1 Å². The minimum atomic E-state index is -0.397. The third kappa shape index (κ3) is 3.26. The number of rotatable bonds is 4. The summed E-state index contributed by atoms with van der Waals surface area (Å²) in [6.45, 7) is 0. The third-order valence-corrected chi connectivity index (χ3v) is 4.04. The van der Waals surface area contributed by atoms with Gasteiger partial charge in [0.2, 0.25) is 0 Å². The maximum atomic E-state index is 12.6. The van der Waals surface area contributed by atoms with E-state index in [1.165, 1.54) is 18.2 Å². The fourth-order valence-electron chi connectivity index (χ4n) is 2.46. The molecule has 2 N–H and O–H groups in total. The van der Waals surface area contributed by atoms with Gasteiger partial charge in [-0.3, -0.25) is 4.79 Å². The number of phenols is 1. The van der Waals surface area contributed by atoms with Crippen molar-refractivity contribution in [1.82, 2.24) is 14.9 Å². The van der Waals surface area contributed by atoms with Crippen LogP contribution in [0.5, 0.6) is 5.75 Å². The van der Waals surface area contributed by atoms with Crippen LogP contribution in [0.3, 0.4) is 0 Å². The number of aromatic hydroxyl groups is 1. The number of nitrogens with one attached hydrogen (secondary N) is 1. The van der Waals surface area contributed by atoms with Crippen molar-refractivity contribution in [3.63, 3.8) is 0 Å². The van der Waals surface area contributed by atoms with Crippen LogP contribution in [0.15, 0.2) is 60.9 Å². The van der Waals surface area contributed by atoms with Crippen LogP contribution in [0.1, 0.15) is 27.8 Å². The fourth-order valence-corrected chi connectivity index (χ4v) is 2.64. The lowest BCUT2D eigenvalue weighted by Crippen LogP contribution is -2.31. The van der Waals surface area contributed by atoms with E-state index < -0.39 is 6.04 Å². The Kier molecular flexibility index (Phi) is 4.53. The number of aryl methyl sites for hydroxylation is 1. The van der Waals surface area contributed by atoms with Crippen molar-refractivity contribution in [2.75, 3.05) is 0 Å². The van der Waals surface area contributed by atoms with Crippen LogP contribution in [0.2, 0.25) is 5.02 Å². The zero-order valence-corrected chi connectivity index (χ0v) is 13.7. The molecule has 0 fully saturated rings. The summed E-state index contributed by atoms with van der Waals surface area (Å²) in [5.41, 5.74) is 1.29. The summed E-state index contributed by atoms with van der Waals surface area (Å²) in [5, 5.41) is 12.6. The van der Waals surface area contributed by atoms with Gasteiger partial charge in [0.1, 0.15) is 17.6 Å². The highest BCUT2D eigenvalue weighted by Crippen LogP contribution is 2.25. The highest BCUT2D eigenvalue weighted by molar-refractivity contribution is 6.32. The Bertz CT molecular complexity index is 862. The molecule has 1 aromatic heterocycles. The smallest absolute Gasteiger partial charge is 0.252 e. The number of hydrogen-bond donors (Lipinski definition) is 2. The van der Waals surface area contributed by atoms with Crippen LogP contribution in [-0.4, -0.2) is 20.6 Å². The molecule has 0 unspecified atom stereocenters. The molecule has 3 rings (SSSR count). The zero-order chi connectivity index (χ0) is 17.1. The molecule has 0 radical (unpaired) electrons. The summed E-state index contributed by atoms with van der Waals surface area (Å²) in [6.07, 6.45) is 3.52. The molecule has 24 heavy (non-hydrogen) atoms. The molecule has 1 heterocycles. The van der Waals surface area contributed by atoms with E-state index in [-0.39, 0.29) is 16.7 Å². The second-order valence-corrected chi connectivity index (χ2v) is 5.79. The first-order valence-corrected chi connectivity index (χ1v) is 7.75. The Morgan fingerprint density at radius 3 is 2.62 bits per heavy atom. The molecule has 1 atom stereocenters. The van der Waals surface area contributed by atoms with Crippen LogP contribution >= 0.6 is 11.6 Å². The van der Waals surface area contributed by atoms with Crippen molar-refractivity contribution in [2.24, 2.45) is 7.05 Å². The molecule has 5 nitrogen and oxygen atoms in total. The number of benzene rings is 2. The maximum Gasteiger partial charge on any atom is 0.252 e. The van der Waals surface area contributed by atoms with Crippen molar-refractivity contribution in [3.05, 3.63) is 82.9 Å². The molecular weight excluding hydrogens is 326 g/mol. The lowest BCUT2D eigenvalue weighted by atomic mass is 10.1. The van der Waals surface area contributed by atoms with Gasteiger partial charge < -0.3 is 15.0 Å². The van der Waals surface area contributed by atoms with Gasteiger partial charge in [0.05, 0.1) is 5.02 Å². The maximum absolute atomic E-state index is 12.6. The standard InChI is InChI=1S/C18H16ClN3O2/c1-22-10-9-20-17(22)16(12-5-3-2-4-6-12)21-18(24)13-7-8-15(23)14(19)11-13/h2-11,16,23H,1H3,(H,21,24)/t16-/m0/s1. The van der Waals surface area contributed by atoms with Gasteiger partial charge in [-0.15, -0.1) is 0 Å². The minimum absolute atomic E-state index is 0.0584. The molecule has 0 bridgehead atoms. The van der Waals surface area contributed by atoms with Crippen LogP contribution < -0.4 is 5.32 Å². The first-order valence-electron chi connectivity index (χ1n) is 7.38. The first-order chi connectivity index (χ1) is 11.6. The molecule has 0 saturated heterocycles. The Morgan fingerprint density at radius 2 is 2.00 bits per heavy atom. The van der Waals surface area contributed by atoms with E-state index in [4.69, 9.17) is 11.6 Å². The molecule has 1 amide bonds. The van der Waals surface area contributed by atoms with Crippen molar-refractivity contribution >= 4 is 17.5 Å². The van der Waals surface area contributed by atoms with E-state index in [9.17, 15) is 9.90 Å². The topological polar surface area (TPSA) is 67.2 Å². The number of aromatic nitrogens is 2. The van der Waals surface area contributed by atoms with Gasteiger partial charge in [-0.2, -0.15) is 0 Å².